The Balaban J connectivity index is 2.64. The van der Waals surface area contributed by atoms with Crippen molar-refractivity contribution in [3.8, 4) is 0 Å². The van der Waals surface area contributed by atoms with E-state index in [-0.39, 0.29) is 11.7 Å². The molecule has 4 heteroatoms. The van der Waals surface area contributed by atoms with E-state index in [1.54, 1.807) is 4.31 Å². The summed E-state index contributed by atoms with van der Waals surface area (Å²) in [6.45, 7) is 9.22. The van der Waals surface area contributed by atoms with E-state index in [1.807, 2.05) is 19.9 Å². The molecule has 0 saturated carbocycles. The lowest BCUT2D eigenvalue weighted by Gasteiger charge is -2.18. The van der Waals surface area contributed by atoms with Gasteiger partial charge >= 0.3 is 0 Å². The minimum atomic E-state index is -3.04. The molecule has 0 unspecified atom stereocenters. The van der Waals surface area contributed by atoms with E-state index in [0.29, 0.717) is 19.0 Å². The van der Waals surface area contributed by atoms with E-state index in [2.05, 4.69) is 13.8 Å². The Kier molecular flexibility index (Phi) is 3.95. The second-order valence-corrected chi connectivity index (χ2v) is 6.91. The third-order valence-electron chi connectivity index (χ3n) is 2.59. The van der Waals surface area contributed by atoms with Gasteiger partial charge in [0, 0.05) is 13.1 Å². The number of nitrogens with zero attached hydrogens (tertiary/aromatic N) is 1. The highest BCUT2D eigenvalue weighted by atomic mass is 32.2. The molecule has 88 valence electrons. The quantitative estimate of drug-likeness (QED) is 0.693. The van der Waals surface area contributed by atoms with Crippen molar-refractivity contribution in [2.45, 2.75) is 27.7 Å². The molecule has 0 radical (unpaired) electrons. The van der Waals surface area contributed by atoms with Crippen molar-refractivity contribution >= 4 is 10.0 Å². The zero-order valence-corrected chi connectivity index (χ0v) is 10.8. The van der Waals surface area contributed by atoms with Crippen molar-refractivity contribution in [3.63, 3.8) is 0 Å². The highest BCUT2D eigenvalue weighted by molar-refractivity contribution is 7.89. The van der Waals surface area contributed by atoms with Gasteiger partial charge < -0.3 is 0 Å². The van der Waals surface area contributed by atoms with Gasteiger partial charge in [-0.3, -0.25) is 0 Å². The molecule has 0 aliphatic carbocycles. The fourth-order valence-corrected chi connectivity index (χ4v) is 3.41. The topological polar surface area (TPSA) is 37.4 Å². The van der Waals surface area contributed by atoms with Crippen LogP contribution in [0.4, 0.5) is 0 Å². The molecule has 0 aromatic rings. The molecule has 0 atom stereocenters. The molecule has 3 nitrogen and oxygen atoms in total. The van der Waals surface area contributed by atoms with Crippen LogP contribution in [0.1, 0.15) is 27.7 Å². The van der Waals surface area contributed by atoms with E-state index >= 15 is 0 Å². The fraction of sp³-hybridized carbons (Fsp3) is 0.818. The number of hydrogen-bond acceptors (Lipinski definition) is 2. The summed E-state index contributed by atoms with van der Waals surface area (Å²) < 4.78 is 25.4. The summed E-state index contributed by atoms with van der Waals surface area (Å²) in [6.07, 6.45) is 2.04. The van der Waals surface area contributed by atoms with E-state index in [4.69, 9.17) is 0 Å². The van der Waals surface area contributed by atoms with Crippen molar-refractivity contribution in [1.82, 2.24) is 4.31 Å². The summed E-state index contributed by atoms with van der Waals surface area (Å²) in [6, 6.07) is 0. The molecule has 1 aliphatic heterocycles. The van der Waals surface area contributed by atoms with Crippen molar-refractivity contribution in [1.29, 1.82) is 0 Å². The lowest BCUT2D eigenvalue weighted by atomic mass is 10.1. The number of hydrogen-bond donors (Lipinski definition) is 0. The Hall–Kier alpha value is -0.350. The van der Waals surface area contributed by atoms with Gasteiger partial charge in [-0.2, -0.15) is 4.31 Å². The first-order valence-corrected chi connectivity index (χ1v) is 7.10. The lowest BCUT2D eigenvalue weighted by Crippen LogP contribution is -2.33. The molecular weight excluding hydrogens is 210 g/mol. The molecule has 0 spiro atoms. The fourth-order valence-electron chi connectivity index (χ4n) is 1.71. The Bertz CT molecular complexity index is 342. The second-order valence-electron chi connectivity index (χ2n) is 4.90. The second kappa shape index (κ2) is 4.66. The van der Waals surface area contributed by atoms with Gasteiger partial charge in [-0.05, 0) is 11.8 Å². The summed E-state index contributed by atoms with van der Waals surface area (Å²) in [5, 5.41) is 0. The first kappa shape index (κ1) is 12.7. The van der Waals surface area contributed by atoms with E-state index in [9.17, 15) is 8.42 Å². The molecular formula is C11H21NO2S. The van der Waals surface area contributed by atoms with Gasteiger partial charge in [0.25, 0.3) is 0 Å². The van der Waals surface area contributed by atoms with Crippen LogP contribution in [0.5, 0.6) is 0 Å². The Morgan fingerprint density at radius 3 is 2.33 bits per heavy atom. The molecule has 0 amide bonds. The van der Waals surface area contributed by atoms with Crippen LogP contribution in [0.2, 0.25) is 0 Å². The lowest BCUT2D eigenvalue weighted by molar-refractivity contribution is 0.470. The summed E-state index contributed by atoms with van der Waals surface area (Å²) in [7, 11) is -3.04. The summed E-state index contributed by atoms with van der Waals surface area (Å²) in [5.41, 5.74) is 1.24. The number of sulfonamides is 1. The molecule has 0 fully saturated rings. The van der Waals surface area contributed by atoms with Crippen molar-refractivity contribution < 1.29 is 8.42 Å². The van der Waals surface area contributed by atoms with Gasteiger partial charge in [0.1, 0.15) is 0 Å². The highest BCUT2D eigenvalue weighted by Gasteiger charge is 2.27. The predicted octanol–water partition coefficient (Wildman–Crippen LogP) is 1.87. The highest BCUT2D eigenvalue weighted by Crippen LogP contribution is 2.20. The SMILES string of the molecule is CC(C)CS(=O)(=O)N1CC=C(C(C)C)C1. The van der Waals surface area contributed by atoms with Crippen LogP contribution >= 0.6 is 0 Å². The standard InChI is InChI=1S/C11H21NO2S/c1-9(2)8-15(13,14)12-6-5-11(7-12)10(3)4/h5,9-10H,6-8H2,1-4H3. The molecule has 0 saturated heterocycles. The van der Waals surface area contributed by atoms with E-state index < -0.39 is 10.0 Å². The van der Waals surface area contributed by atoms with Gasteiger partial charge in [0.15, 0.2) is 0 Å². The molecule has 1 rings (SSSR count). The maximum atomic E-state index is 11.9. The predicted molar refractivity (Wildman–Crippen MR) is 63.1 cm³/mol. The van der Waals surface area contributed by atoms with Gasteiger partial charge in [-0.25, -0.2) is 8.42 Å². The first-order chi connectivity index (χ1) is 6.83. The normalized spacial score (nSPS) is 18.9. The van der Waals surface area contributed by atoms with Crippen LogP contribution in [0.3, 0.4) is 0 Å². The number of rotatable bonds is 4. The van der Waals surface area contributed by atoms with Crippen LogP contribution in [-0.4, -0.2) is 31.6 Å². The molecule has 1 heterocycles. The first-order valence-electron chi connectivity index (χ1n) is 5.49. The maximum absolute atomic E-state index is 11.9. The molecule has 1 aliphatic rings. The average Bonchev–Trinajstić information content (AvgIpc) is 2.48. The summed E-state index contributed by atoms with van der Waals surface area (Å²) in [4.78, 5) is 0. The molecule has 0 bridgehead atoms. The maximum Gasteiger partial charge on any atom is 0.214 e. The minimum absolute atomic E-state index is 0.193. The third-order valence-corrected chi connectivity index (χ3v) is 4.75. The molecule has 0 N–H and O–H groups in total. The van der Waals surface area contributed by atoms with Crippen LogP contribution in [-0.2, 0) is 10.0 Å². The zero-order chi connectivity index (χ0) is 11.6. The largest absolute Gasteiger partial charge is 0.214 e. The molecule has 0 aromatic carbocycles. The zero-order valence-electron chi connectivity index (χ0n) is 10.0. The van der Waals surface area contributed by atoms with Crippen molar-refractivity contribution in [3.05, 3.63) is 11.6 Å². The van der Waals surface area contributed by atoms with Crippen molar-refractivity contribution in [2.24, 2.45) is 11.8 Å². The average molecular weight is 231 g/mol. The Morgan fingerprint density at radius 1 is 1.33 bits per heavy atom. The third kappa shape index (κ3) is 3.31. The van der Waals surface area contributed by atoms with Gasteiger partial charge in [-0.15, -0.1) is 0 Å². The Labute approximate surface area is 93.2 Å². The molecule has 15 heavy (non-hydrogen) atoms. The minimum Gasteiger partial charge on any atom is -0.212 e. The van der Waals surface area contributed by atoms with Crippen LogP contribution in [0.25, 0.3) is 0 Å². The Morgan fingerprint density at radius 2 is 1.93 bits per heavy atom. The van der Waals surface area contributed by atoms with Gasteiger partial charge in [-0.1, -0.05) is 39.3 Å². The molecule has 0 aromatic heterocycles. The van der Waals surface area contributed by atoms with Crippen LogP contribution in [0, 0.1) is 11.8 Å². The monoisotopic (exact) mass is 231 g/mol. The summed E-state index contributed by atoms with van der Waals surface area (Å²) in [5.74, 6) is 0.897. The van der Waals surface area contributed by atoms with Crippen LogP contribution < -0.4 is 0 Å². The van der Waals surface area contributed by atoms with E-state index in [0.717, 1.165) is 0 Å². The van der Waals surface area contributed by atoms with E-state index in [1.165, 1.54) is 5.57 Å². The van der Waals surface area contributed by atoms with Crippen LogP contribution in [0.15, 0.2) is 11.6 Å². The smallest absolute Gasteiger partial charge is 0.212 e. The van der Waals surface area contributed by atoms with Gasteiger partial charge in [0.05, 0.1) is 5.75 Å². The van der Waals surface area contributed by atoms with Crippen molar-refractivity contribution in [2.75, 3.05) is 18.8 Å². The summed E-state index contributed by atoms with van der Waals surface area (Å²) >= 11 is 0. The van der Waals surface area contributed by atoms with Gasteiger partial charge in [0.2, 0.25) is 10.0 Å².